The second kappa shape index (κ2) is 9.35. The predicted octanol–water partition coefficient (Wildman–Crippen LogP) is 1.38. The van der Waals surface area contributed by atoms with Crippen molar-refractivity contribution in [2.75, 3.05) is 13.7 Å². The minimum absolute atomic E-state index is 0.00566. The number of carbonyl (C=O) groups excluding carboxylic acids is 2. The molecule has 2 aromatic heterocycles. The van der Waals surface area contributed by atoms with Crippen molar-refractivity contribution in [3.05, 3.63) is 34.9 Å². The molecule has 2 aromatic rings. The normalized spacial score (nSPS) is 14.5. The summed E-state index contributed by atoms with van der Waals surface area (Å²) >= 11 is 0. The quantitative estimate of drug-likeness (QED) is 0.484. The van der Waals surface area contributed by atoms with E-state index in [2.05, 4.69) is 15.5 Å². The van der Waals surface area contributed by atoms with Gasteiger partial charge in [-0.2, -0.15) is 0 Å². The van der Waals surface area contributed by atoms with Gasteiger partial charge in [-0.3, -0.25) is 9.59 Å². The fourth-order valence-electron chi connectivity index (χ4n) is 3.31. The molecule has 2 heterocycles. The average Bonchev–Trinajstić information content (AvgIpc) is 3.26. The summed E-state index contributed by atoms with van der Waals surface area (Å²) in [6.07, 6.45) is 4.22. The van der Waals surface area contributed by atoms with Gasteiger partial charge < -0.3 is 18.9 Å². The second-order valence-electron chi connectivity index (χ2n) is 6.69. The minimum Gasteiger partial charge on any atom is -0.468 e. The molecule has 0 radical (unpaired) electrons. The molecule has 156 valence electrons. The molecule has 29 heavy (non-hydrogen) atoms. The van der Waals surface area contributed by atoms with Crippen LogP contribution in [0.5, 0.6) is 0 Å². The Morgan fingerprint density at radius 2 is 2.07 bits per heavy atom. The molecule has 0 spiro atoms. The van der Waals surface area contributed by atoms with Crippen LogP contribution in [0.1, 0.15) is 42.4 Å². The number of hydrogen-bond donors (Lipinski definition) is 0. The van der Waals surface area contributed by atoms with Crippen molar-refractivity contribution in [3.8, 4) is 0 Å². The van der Waals surface area contributed by atoms with Gasteiger partial charge in [-0.05, 0) is 39.2 Å². The molecule has 0 N–H and O–H groups in total. The van der Waals surface area contributed by atoms with Crippen molar-refractivity contribution in [1.82, 2.24) is 19.6 Å². The van der Waals surface area contributed by atoms with Crippen molar-refractivity contribution in [2.45, 2.75) is 52.8 Å². The maximum absolute atomic E-state index is 11.7. The lowest BCUT2D eigenvalue weighted by Crippen LogP contribution is -2.19. The first-order chi connectivity index (χ1) is 14.0. The summed E-state index contributed by atoms with van der Waals surface area (Å²) in [6, 6.07) is 2.02. The zero-order valence-corrected chi connectivity index (χ0v) is 16.9. The molecule has 0 fully saturated rings. The van der Waals surface area contributed by atoms with Crippen LogP contribution in [-0.2, 0) is 50.0 Å². The van der Waals surface area contributed by atoms with E-state index in [-0.39, 0.29) is 31.6 Å². The van der Waals surface area contributed by atoms with Gasteiger partial charge in [-0.25, -0.2) is 4.68 Å². The molecule has 1 aliphatic carbocycles. The summed E-state index contributed by atoms with van der Waals surface area (Å²) in [6.45, 7) is 4.37. The molecule has 0 amide bonds. The third-order valence-corrected chi connectivity index (χ3v) is 4.64. The van der Waals surface area contributed by atoms with Crippen molar-refractivity contribution in [3.63, 3.8) is 0 Å². The van der Waals surface area contributed by atoms with Gasteiger partial charge >= 0.3 is 11.9 Å². The molecule has 0 unspecified atom stereocenters. The van der Waals surface area contributed by atoms with E-state index in [1.807, 2.05) is 17.6 Å². The molecule has 0 aliphatic heterocycles. The van der Waals surface area contributed by atoms with Crippen LogP contribution in [0.4, 0.5) is 0 Å². The maximum Gasteiger partial charge on any atom is 0.327 e. The first-order valence-electron chi connectivity index (χ1n) is 9.51. The van der Waals surface area contributed by atoms with Gasteiger partial charge in [0.15, 0.2) is 6.61 Å². The number of oxime groups is 1. The zero-order valence-electron chi connectivity index (χ0n) is 16.9. The molecule has 10 nitrogen and oxygen atoms in total. The first-order valence-corrected chi connectivity index (χ1v) is 9.51. The van der Waals surface area contributed by atoms with Crippen LogP contribution in [0.3, 0.4) is 0 Å². The number of ether oxygens (including phenoxy) is 2. The number of methoxy groups -OCH3 is 1. The molecular weight excluding hydrogens is 378 g/mol. The van der Waals surface area contributed by atoms with Crippen LogP contribution >= 0.6 is 0 Å². The summed E-state index contributed by atoms with van der Waals surface area (Å²) in [5.41, 5.74) is 4.47. The Hall–Kier alpha value is -3.17. The highest BCUT2D eigenvalue weighted by molar-refractivity contribution is 6.02. The number of nitrogens with zero attached hydrogens (tertiary/aromatic N) is 5. The summed E-state index contributed by atoms with van der Waals surface area (Å²) in [4.78, 5) is 28.7. The number of aromatic nitrogens is 4. The monoisotopic (exact) mass is 403 g/mol. The third kappa shape index (κ3) is 5.01. The lowest BCUT2D eigenvalue weighted by molar-refractivity contribution is -0.144. The van der Waals surface area contributed by atoms with Gasteiger partial charge in [0.05, 0.1) is 25.6 Å². The van der Waals surface area contributed by atoms with E-state index in [0.29, 0.717) is 12.3 Å². The topological polar surface area (TPSA) is 110 Å². The van der Waals surface area contributed by atoms with Crippen molar-refractivity contribution >= 4 is 17.7 Å². The van der Waals surface area contributed by atoms with E-state index < -0.39 is 0 Å². The lowest BCUT2D eigenvalue weighted by atomic mass is 9.96. The Labute approximate surface area is 168 Å². The number of esters is 2. The van der Waals surface area contributed by atoms with Gasteiger partial charge in [-0.15, -0.1) is 5.10 Å². The number of fused-ring (bicyclic) bond motifs is 1. The van der Waals surface area contributed by atoms with Crippen molar-refractivity contribution in [2.24, 2.45) is 5.16 Å². The summed E-state index contributed by atoms with van der Waals surface area (Å²) in [7, 11) is 1.39. The Kier molecular flexibility index (Phi) is 6.63. The van der Waals surface area contributed by atoms with E-state index in [9.17, 15) is 9.59 Å². The Balaban J connectivity index is 1.64. The van der Waals surface area contributed by atoms with Crippen molar-refractivity contribution in [1.29, 1.82) is 0 Å². The first kappa shape index (κ1) is 20.6. The SMILES string of the molecule is CCOC(=O)Cn1cc(CO/N=C2/CCCc3c2cc(C)n3CC(=O)OC)nn1. The smallest absolute Gasteiger partial charge is 0.327 e. The van der Waals surface area contributed by atoms with E-state index in [1.54, 1.807) is 13.1 Å². The average molecular weight is 403 g/mol. The molecule has 0 bridgehead atoms. The van der Waals surface area contributed by atoms with E-state index in [0.717, 1.165) is 41.9 Å². The van der Waals surface area contributed by atoms with Gasteiger partial charge in [0.1, 0.15) is 18.8 Å². The highest BCUT2D eigenvalue weighted by Gasteiger charge is 2.23. The van der Waals surface area contributed by atoms with Crippen LogP contribution in [0.2, 0.25) is 0 Å². The second-order valence-corrected chi connectivity index (χ2v) is 6.69. The highest BCUT2D eigenvalue weighted by atomic mass is 16.6. The van der Waals surface area contributed by atoms with Gasteiger partial charge in [-0.1, -0.05) is 10.4 Å². The molecule has 0 saturated carbocycles. The standard InChI is InChI=1S/C19H25N5O5/c1-4-28-19(26)10-23-9-14(20-22-23)12-29-21-16-6-5-7-17-15(16)8-13(2)24(17)11-18(25)27-3/h8-9H,4-7,10-12H2,1-3H3/b21-16-. The lowest BCUT2D eigenvalue weighted by Gasteiger charge is -2.17. The van der Waals surface area contributed by atoms with Crippen LogP contribution in [0, 0.1) is 6.92 Å². The molecule has 3 rings (SSSR count). The predicted molar refractivity (Wildman–Crippen MR) is 102 cm³/mol. The van der Waals surface area contributed by atoms with Gasteiger partial charge in [0, 0.05) is 17.0 Å². The number of carbonyl (C=O) groups is 2. The van der Waals surface area contributed by atoms with Gasteiger partial charge in [0.2, 0.25) is 0 Å². The summed E-state index contributed by atoms with van der Waals surface area (Å²) in [5, 5.41) is 12.1. The van der Waals surface area contributed by atoms with E-state index in [1.165, 1.54) is 11.8 Å². The van der Waals surface area contributed by atoms with Crippen LogP contribution < -0.4 is 0 Å². The zero-order chi connectivity index (χ0) is 20.8. The molecule has 0 saturated heterocycles. The minimum atomic E-state index is -0.369. The van der Waals surface area contributed by atoms with Gasteiger partial charge in [0.25, 0.3) is 0 Å². The fraction of sp³-hybridized carbons (Fsp3) is 0.526. The number of hydrogen-bond acceptors (Lipinski definition) is 8. The van der Waals surface area contributed by atoms with E-state index in [4.69, 9.17) is 14.3 Å². The summed E-state index contributed by atoms with van der Waals surface area (Å²) in [5.74, 6) is -0.649. The highest BCUT2D eigenvalue weighted by Crippen LogP contribution is 2.26. The molecule has 0 aromatic carbocycles. The molecular formula is C19H25N5O5. The van der Waals surface area contributed by atoms with Crippen LogP contribution in [0.25, 0.3) is 0 Å². The van der Waals surface area contributed by atoms with Crippen LogP contribution in [-0.4, -0.2) is 50.9 Å². The Morgan fingerprint density at radius 1 is 1.24 bits per heavy atom. The number of rotatable bonds is 8. The third-order valence-electron chi connectivity index (χ3n) is 4.64. The number of aryl methyl sites for hydroxylation is 1. The molecule has 10 heteroatoms. The largest absolute Gasteiger partial charge is 0.468 e. The van der Waals surface area contributed by atoms with Crippen molar-refractivity contribution < 1.29 is 23.9 Å². The van der Waals surface area contributed by atoms with E-state index >= 15 is 0 Å². The van der Waals surface area contributed by atoms with Crippen LogP contribution in [0.15, 0.2) is 17.4 Å². The fourth-order valence-corrected chi connectivity index (χ4v) is 3.31. The molecule has 1 aliphatic rings. The Morgan fingerprint density at radius 3 is 2.83 bits per heavy atom. The molecule has 0 atom stereocenters. The summed E-state index contributed by atoms with van der Waals surface area (Å²) < 4.78 is 13.0. The maximum atomic E-state index is 11.7. The Bertz CT molecular complexity index is 914.